The molecule has 0 radical (unpaired) electrons. The van der Waals surface area contributed by atoms with Crippen LogP contribution >= 0.6 is 0 Å². The molecule has 0 unspecified atom stereocenters. The fourth-order valence-electron chi connectivity index (χ4n) is 2.09. The van der Waals surface area contributed by atoms with E-state index in [4.69, 9.17) is 4.74 Å². The third-order valence-electron chi connectivity index (χ3n) is 3.19. The van der Waals surface area contributed by atoms with Crippen LogP contribution in [0.3, 0.4) is 0 Å². The standard InChI is InChI=1S/C17H21FN2O/c1-3-9-19-11-14-10-15(18)12-20-17(14)21-16-8-6-5-7-13(16)4-2/h5-8,10,12,19H,3-4,9,11H2,1-2H3. The molecule has 21 heavy (non-hydrogen) atoms. The van der Waals surface area contributed by atoms with Gasteiger partial charge in [0.15, 0.2) is 0 Å². The molecule has 0 fully saturated rings. The van der Waals surface area contributed by atoms with Crippen LogP contribution in [0.4, 0.5) is 4.39 Å². The summed E-state index contributed by atoms with van der Waals surface area (Å²) >= 11 is 0. The Labute approximate surface area is 125 Å². The van der Waals surface area contributed by atoms with Crippen molar-refractivity contribution in [2.75, 3.05) is 6.54 Å². The number of pyridine rings is 1. The quantitative estimate of drug-likeness (QED) is 0.780. The smallest absolute Gasteiger partial charge is 0.223 e. The number of benzene rings is 1. The number of nitrogens with zero attached hydrogens (tertiary/aromatic N) is 1. The molecule has 0 bridgehead atoms. The number of ether oxygens (including phenoxy) is 1. The summed E-state index contributed by atoms with van der Waals surface area (Å²) < 4.78 is 19.3. The summed E-state index contributed by atoms with van der Waals surface area (Å²) in [7, 11) is 0. The first-order valence-corrected chi connectivity index (χ1v) is 7.35. The molecule has 112 valence electrons. The third-order valence-corrected chi connectivity index (χ3v) is 3.19. The Morgan fingerprint density at radius 2 is 2.00 bits per heavy atom. The minimum atomic E-state index is -0.348. The van der Waals surface area contributed by atoms with Crippen molar-refractivity contribution in [3.63, 3.8) is 0 Å². The van der Waals surface area contributed by atoms with Crippen molar-refractivity contribution in [3.8, 4) is 11.6 Å². The number of hydrogen-bond acceptors (Lipinski definition) is 3. The van der Waals surface area contributed by atoms with E-state index in [0.717, 1.165) is 36.3 Å². The lowest BCUT2D eigenvalue weighted by molar-refractivity contribution is 0.444. The Balaban J connectivity index is 2.22. The highest BCUT2D eigenvalue weighted by Crippen LogP contribution is 2.27. The van der Waals surface area contributed by atoms with Crippen molar-refractivity contribution in [2.24, 2.45) is 0 Å². The first kappa shape index (κ1) is 15.4. The fourth-order valence-corrected chi connectivity index (χ4v) is 2.09. The highest BCUT2D eigenvalue weighted by Gasteiger charge is 2.10. The van der Waals surface area contributed by atoms with E-state index in [1.165, 1.54) is 12.3 Å². The highest BCUT2D eigenvalue weighted by molar-refractivity contribution is 5.38. The summed E-state index contributed by atoms with van der Waals surface area (Å²) in [6.45, 7) is 5.58. The number of rotatable bonds is 7. The Hall–Kier alpha value is -1.94. The van der Waals surface area contributed by atoms with Gasteiger partial charge in [-0.2, -0.15) is 0 Å². The van der Waals surface area contributed by atoms with Crippen LogP contribution < -0.4 is 10.1 Å². The number of hydrogen-bond donors (Lipinski definition) is 1. The predicted molar refractivity (Wildman–Crippen MR) is 82.1 cm³/mol. The highest BCUT2D eigenvalue weighted by atomic mass is 19.1. The Kier molecular flexibility index (Phi) is 5.69. The fraction of sp³-hybridized carbons (Fsp3) is 0.353. The topological polar surface area (TPSA) is 34.2 Å². The van der Waals surface area contributed by atoms with Gasteiger partial charge in [0, 0.05) is 12.1 Å². The van der Waals surface area contributed by atoms with Gasteiger partial charge in [0.1, 0.15) is 11.6 Å². The van der Waals surface area contributed by atoms with Gasteiger partial charge < -0.3 is 10.1 Å². The monoisotopic (exact) mass is 288 g/mol. The molecule has 1 N–H and O–H groups in total. The van der Waals surface area contributed by atoms with Gasteiger partial charge in [-0.3, -0.25) is 0 Å². The van der Waals surface area contributed by atoms with E-state index in [1.807, 2.05) is 24.3 Å². The van der Waals surface area contributed by atoms with Crippen LogP contribution in [-0.2, 0) is 13.0 Å². The van der Waals surface area contributed by atoms with Gasteiger partial charge in [-0.25, -0.2) is 9.37 Å². The molecular weight excluding hydrogens is 267 g/mol. The maximum Gasteiger partial charge on any atom is 0.223 e. The molecule has 0 aliphatic carbocycles. The Morgan fingerprint density at radius 3 is 2.76 bits per heavy atom. The first-order chi connectivity index (χ1) is 10.2. The van der Waals surface area contributed by atoms with Crippen LogP contribution in [0, 0.1) is 5.82 Å². The molecule has 0 saturated heterocycles. The molecule has 1 heterocycles. The summed E-state index contributed by atoms with van der Waals surface area (Å²) in [5.41, 5.74) is 1.84. The lowest BCUT2D eigenvalue weighted by atomic mass is 10.1. The predicted octanol–water partition coefficient (Wildman–Crippen LogP) is 4.08. The molecule has 1 aromatic carbocycles. The minimum Gasteiger partial charge on any atom is -0.438 e. The van der Waals surface area contributed by atoms with E-state index in [0.29, 0.717) is 12.4 Å². The zero-order chi connectivity index (χ0) is 15.1. The maximum absolute atomic E-state index is 13.4. The summed E-state index contributed by atoms with van der Waals surface area (Å²) in [4.78, 5) is 4.09. The molecule has 2 rings (SSSR count). The van der Waals surface area contributed by atoms with Crippen molar-refractivity contribution in [1.82, 2.24) is 10.3 Å². The normalized spacial score (nSPS) is 10.6. The maximum atomic E-state index is 13.4. The average molecular weight is 288 g/mol. The number of para-hydroxylation sites is 1. The second kappa shape index (κ2) is 7.74. The van der Waals surface area contributed by atoms with Crippen molar-refractivity contribution in [1.29, 1.82) is 0 Å². The first-order valence-electron chi connectivity index (χ1n) is 7.35. The molecular formula is C17H21FN2O. The van der Waals surface area contributed by atoms with Gasteiger partial charge in [0.05, 0.1) is 6.20 Å². The van der Waals surface area contributed by atoms with Crippen LogP contribution in [0.15, 0.2) is 36.5 Å². The van der Waals surface area contributed by atoms with E-state index < -0.39 is 0 Å². The van der Waals surface area contributed by atoms with Crippen molar-refractivity contribution in [3.05, 3.63) is 53.5 Å². The molecule has 2 aromatic rings. The summed E-state index contributed by atoms with van der Waals surface area (Å²) in [5.74, 6) is 0.885. The third kappa shape index (κ3) is 4.26. The Bertz CT molecular complexity index is 587. The van der Waals surface area contributed by atoms with Gasteiger partial charge in [-0.1, -0.05) is 32.0 Å². The van der Waals surface area contributed by atoms with E-state index in [-0.39, 0.29) is 5.82 Å². The minimum absolute atomic E-state index is 0.348. The van der Waals surface area contributed by atoms with E-state index in [2.05, 4.69) is 24.1 Å². The molecule has 0 saturated carbocycles. The molecule has 1 aromatic heterocycles. The van der Waals surface area contributed by atoms with Gasteiger partial charge in [-0.05, 0) is 37.1 Å². The second-order valence-electron chi connectivity index (χ2n) is 4.86. The van der Waals surface area contributed by atoms with E-state index in [9.17, 15) is 4.39 Å². The van der Waals surface area contributed by atoms with Gasteiger partial charge in [-0.15, -0.1) is 0 Å². The van der Waals surface area contributed by atoms with Gasteiger partial charge in [0.25, 0.3) is 0 Å². The largest absolute Gasteiger partial charge is 0.438 e. The van der Waals surface area contributed by atoms with Crippen LogP contribution in [0.25, 0.3) is 0 Å². The SMILES string of the molecule is CCCNCc1cc(F)cnc1Oc1ccccc1CC. The van der Waals surface area contributed by atoms with Crippen LogP contribution in [-0.4, -0.2) is 11.5 Å². The lowest BCUT2D eigenvalue weighted by Crippen LogP contribution is -2.15. The van der Waals surface area contributed by atoms with E-state index >= 15 is 0 Å². The lowest BCUT2D eigenvalue weighted by Gasteiger charge is -2.13. The molecule has 4 heteroatoms. The van der Waals surface area contributed by atoms with Gasteiger partial charge in [0.2, 0.25) is 5.88 Å². The van der Waals surface area contributed by atoms with Crippen LogP contribution in [0.5, 0.6) is 11.6 Å². The number of nitrogens with one attached hydrogen (secondary N) is 1. The number of aromatic nitrogens is 1. The molecule has 0 aliphatic heterocycles. The summed E-state index contributed by atoms with van der Waals surface area (Å²) in [6.07, 6.45) is 3.09. The van der Waals surface area contributed by atoms with Crippen LogP contribution in [0.2, 0.25) is 0 Å². The molecule has 0 aliphatic rings. The molecule has 0 atom stereocenters. The zero-order valence-corrected chi connectivity index (χ0v) is 12.5. The summed E-state index contributed by atoms with van der Waals surface area (Å²) in [6, 6.07) is 9.31. The second-order valence-corrected chi connectivity index (χ2v) is 4.86. The van der Waals surface area contributed by atoms with Crippen molar-refractivity contribution in [2.45, 2.75) is 33.2 Å². The average Bonchev–Trinajstić information content (AvgIpc) is 2.50. The van der Waals surface area contributed by atoms with Crippen molar-refractivity contribution >= 4 is 0 Å². The molecule has 0 amide bonds. The number of aryl methyl sites for hydroxylation is 1. The number of halogens is 1. The zero-order valence-electron chi connectivity index (χ0n) is 12.5. The van der Waals surface area contributed by atoms with E-state index in [1.54, 1.807) is 0 Å². The Morgan fingerprint density at radius 1 is 1.19 bits per heavy atom. The van der Waals surface area contributed by atoms with Gasteiger partial charge >= 0.3 is 0 Å². The molecule has 3 nitrogen and oxygen atoms in total. The van der Waals surface area contributed by atoms with Crippen LogP contribution in [0.1, 0.15) is 31.4 Å². The molecule has 0 spiro atoms. The summed E-state index contributed by atoms with van der Waals surface area (Å²) in [5, 5.41) is 3.25. The van der Waals surface area contributed by atoms with Crippen molar-refractivity contribution < 1.29 is 9.13 Å².